The molecule has 0 unspecified atom stereocenters. The van der Waals surface area contributed by atoms with Crippen molar-refractivity contribution in [1.29, 1.82) is 0 Å². The molecule has 19 heavy (non-hydrogen) atoms. The zero-order chi connectivity index (χ0) is 13.9. The molecule has 2 rings (SSSR count). The molecule has 1 N–H and O–H groups in total. The highest BCUT2D eigenvalue weighted by molar-refractivity contribution is 7.09. The van der Waals surface area contributed by atoms with Crippen molar-refractivity contribution in [2.75, 3.05) is 6.54 Å². The summed E-state index contributed by atoms with van der Waals surface area (Å²) in [5, 5.41) is 10.9. The Labute approximate surface area is 118 Å². The van der Waals surface area contributed by atoms with Gasteiger partial charge < -0.3 is 5.32 Å². The van der Waals surface area contributed by atoms with Gasteiger partial charge in [-0.15, -0.1) is 11.3 Å². The second kappa shape index (κ2) is 5.84. The van der Waals surface area contributed by atoms with Crippen LogP contribution in [0.3, 0.4) is 0 Å². The van der Waals surface area contributed by atoms with Crippen molar-refractivity contribution < 1.29 is 0 Å². The molecule has 0 aliphatic heterocycles. The van der Waals surface area contributed by atoms with Gasteiger partial charge in [-0.1, -0.05) is 20.8 Å². The Hall–Kier alpha value is -1.20. The highest BCUT2D eigenvalue weighted by Gasteiger charge is 2.16. The summed E-state index contributed by atoms with van der Waals surface area (Å²) >= 11 is 1.74. The van der Waals surface area contributed by atoms with Crippen LogP contribution in [0, 0.1) is 0 Å². The van der Waals surface area contributed by atoms with Crippen LogP contribution in [0.25, 0.3) is 0 Å². The van der Waals surface area contributed by atoms with Crippen molar-refractivity contribution in [3.05, 3.63) is 34.0 Å². The summed E-state index contributed by atoms with van der Waals surface area (Å²) in [4.78, 5) is 4.67. The number of aryl methyl sites for hydroxylation is 1. The van der Waals surface area contributed by atoms with Crippen molar-refractivity contribution in [2.24, 2.45) is 7.05 Å². The number of aromatic nitrogens is 3. The van der Waals surface area contributed by atoms with Crippen LogP contribution in [0.2, 0.25) is 0 Å². The fourth-order valence-electron chi connectivity index (χ4n) is 1.77. The molecule has 0 radical (unpaired) electrons. The van der Waals surface area contributed by atoms with Crippen LogP contribution in [0.4, 0.5) is 0 Å². The SMILES string of the molecule is Cn1cc(CCNCc2nc(C(C)(C)C)cs2)cn1. The molecule has 2 heterocycles. The van der Waals surface area contributed by atoms with Crippen molar-refractivity contribution in [3.63, 3.8) is 0 Å². The molecule has 2 aromatic heterocycles. The highest BCUT2D eigenvalue weighted by atomic mass is 32.1. The van der Waals surface area contributed by atoms with Crippen molar-refractivity contribution in [3.8, 4) is 0 Å². The summed E-state index contributed by atoms with van der Waals surface area (Å²) in [6, 6.07) is 0. The largest absolute Gasteiger partial charge is 0.310 e. The topological polar surface area (TPSA) is 42.7 Å². The zero-order valence-corrected chi connectivity index (χ0v) is 12.9. The van der Waals surface area contributed by atoms with Crippen LogP contribution < -0.4 is 5.32 Å². The molecule has 104 valence electrons. The summed E-state index contributed by atoms with van der Waals surface area (Å²) in [5.41, 5.74) is 2.59. The van der Waals surface area contributed by atoms with Gasteiger partial charge in [0.2, 0.25) is 0 Å². The maximum atomic E-state index is 4.67. The van der Waals surface area contributed by atoms with Gasteiger partial charge in [0.15, 0.2) is 0 Å². The van der Waals surface area contributed by atoms with E-state index in [0.29, 0.717) is 0 Å². The Bertz CT molecular complexity index is 522. The first-order chi connectivity index (χ1) is 8.95. The molecule has 2 aromatic rings. The fourth-order valence-corrected chi connectivity index (χ4v) is 2.76. The molecule has 0 saturated heterocycles. The van der Waals surface area contributed by atoms with E-state index in [0.717, 1.165) is 24.5 Å². The van der Waals surface area contributed by atoms with Crippen LogP contribution in [0.15, 0.2) is 17.8 Å². The summed E-state index contributed by atoms with van der Waals surface area (Å²) in [7, 11) is 1.94. The van der Waals surface area contributed by atoms with E-state index in [2.05, 4.69) is 47.7 Å². The molecule has 0 aliphatic carbocycles. The lowest BCUT2D eigenvalue weighted by molar-refractivity contribution is 0.568. The minimum Gasteiger partial charge on any atom is -0.310 e. The second-order valence-electron chi connectivity index (χ2n) is 5.83. The van der Waals surface area contributed by atoms with Crippen molar-refractivity contribution in [2.45, 2.75) is 39.2 Å². The molecule has 0 spiro atoms. The summed E-state index contributed by atoms with van der Waals surface area (Å²) < 4.78 is 1.84. The second-order valence-corrected chi connectivity index (χ2v) is 6.77. The van der Waals surface area contributed by atoms with Crippen LogP contribution in [0.1, 0.15) is 37.0 Å². The molecule has 0 aromatic carbocycles. The van der Waals surface area contributed by atoms with Gasteiger partial charge in [-0.05, 0) is 18.5 Å². The van der Waals surface area contributed by atoms with Gasteiger partial charge >= 0.3 is 0 Å². The maximum absolute atomic E-state index is 4.67. The van der Waals surface area contributed by atoms with E-state index in [4.69, 9.17) is 0 Å². The van der Waals surface area contributed by atoms with Gasteiger partial charge in [0.25, 0.3) is 0 Å². The van der Waals surface area contributed by atoms with Gasteiger partial charge in [0, 0.05) is 30.6 Å². The fraction of sp³-hybridized carbons (Fsp3) is 0.571. The van der Waals surface area contributed by atoms with E-state index in [1.54, 1.807) is 11.3 Å². The molecular weight excluding hydrogens is 256 g/mol. The average Bonchev–Trinajstić information content (AvgIpc) is 2.93. The van der Waals surface area contributed by atoms with Crippen LogP contribution in [-0.4, -0.2) is 21.3 Å². The quantitative estimate of drug-likeness (QED) is 0.855. The van der Waals surface area contributed by atoms with E-state index in [1.807, 2.05) is 17.9 Å². The van der Waals surface area contributed by atoms with Crippen LogP contribution in [0.5, 0.6) is 0 Å². The Morgan fingerprint density at radius 1 is 1.37 bits per heavy atom. The van der Waals surface area contributed by atoms with E-state index < -0.39 is 0 Å². The number of hydrogen-bond donors (Lipinski definition) is 1. The Kier molecular flexibility index (Phi) is 4.37. The first kappa shape index (κ1) is 14.2. The van der Waals surface area contributed by atoms with Gasteiger partial charge in [0.1, 0.15) is 5.01 Å². The predicted molar refractivity (Wildman–Crippen MR) is 79.4 cm³/mol. The lowest BCUT2D eigenvalue weighted by Gasteiger charge is -2.14. The summed E-state index contributed by atoms with van der Waals surface area (Å²) in [6.45, 7) is 8.39. The zero-order valence-electron chi connectivity index (χ0n) is 12.1. The molecule has 0 amide bonds. The summed E-state index contributed by atoms with van der Waals surface area (Å²) in [5.74, 6) is 0. The molecular formula is C14H22N4S. The monoisotopic (exact) mass is 278 g/mol. The molecule has 0 aliphatic rings. The minimum atomic E-state index is 0.143. The Balaban J connectivity index is 1.75. The van der Waals surface area contributed by atoms with E-state index in [-0.39, 0.29) is 5.41 Å². The summed E-state index contributed by atoms with van der Waals surface area (Å²) in [6.07, 6.45) is 4.98. The maximum Gasteiger partial charge on any atom is 0.107 e. The molecule has 0 bridgehead atoms. The molecule has 0 fully saturated rings. The van der Waals surface area contributed by atoms with Crippen molar-refractivity contribution >= 4 is 11.3 Å². The minimum absolute atomic E-state index is 0.143. The Morgan fingerprint density at radius 3 is 2.74 bits per heavy atom. The third-order valence-corrected chi connectivity index (χ3v) is 3.79. The van der Waals surface area contributed by atoms with Crippen LogP contribution in [-0.2, 0) is 25.4 Å². The first-order valence-corrected chi connectivity index (χ1v) is 7.46. The smallest absolute Gasteiger partial charge is 0.107 e. The molecule has 5 heteroatoms. The number of hydrogen-bond acceptors (Lipinski definition) is 4. The lowest BCUT2D eigenvalue weighted by atomic mass is 9.93. The van der Waals surface area contributed by atoms with E-state index in [9.17, 15) is 0 Å². The van der Waals surface area contributed by atoms with Gasteiger partial charge in [-0.3, -0.25) is 4.68 Å². The van der Waals surface area contributed by atoms with Crippen molar-refractivity contribution in [1.82, 2.24) is 20.1 Å². The van der Waals surface area contributed by atoms with Gasteiger partial charge in [0.05, 0.1) is 11.9 Å². The molecule has 4 nitrogen and oxygen atoms in total. The molecule has 0 saturated carbocycles. The molecule has 0 atom stereocenters. The standard InChI is InChI=1S/C14H22N4S/c1-14(2,3)12-10-19-13(17-12)8-15-6-5-11-7-16-18(4)9-11/h7,9-10,15H,5-6,8H2,1-4H3. The average molecular weight is 278 g/mol. The van der Waals surface area contributed by atoms with Gasteiger partial charge in [-0.25, -0.2) is 4.98 Å². The predicted octanol–water partition coefficient (Wildman–Crippen LogP) is 2.51. The van der Waals surface area contributed by atoms with E-state index in [1.165, 1.54) is 11.3 Å². The van der Waals surface area contributed by atoms with Gasteiger partial charge in [-0.2, -0.15) is 5.10 Å². The highest BCUT2D eigenvalue weighted by Crippen LogP contribution is 2.23. The number of nitrogens with one attached hydrogen (secondary N) is 1. The number of nitrogens with zero attached hydrogens (tertiary/aromatic N) is 3. The number of thiazole rings is 1. The van der Waals surface area contributed by atoms with Crippen LogP contribution >= 0.6 is 11.3 Å². The number of rotatable bonds is 5. The Morgan fingerprint density at radius 2 is 2.16 bits per heavy atom. The first-order valence-electron chi connectivity index (χ1n) is 6.58. The third-order valence-electron chi connectivity index (χ3n) is 2.95. The lowest BCUT2D eigenvalue weighted by Crippen LogP contribution is -2.17. The normalized spacial score (nSPS) is 12.0. The third kappa shape index (κ3) is 4.14. The van der Waals surface area contributed by atoms with E-state index >= 15 is 0 Å².